The number of nitrogens with two attached hydrogens (primary N) is 1. The molecule has 0 bridgehead atoms. The summed E-state index contributed by atoms with van der Waals surface area (Å²) in [7, 11) is -3.66. The molecule has 2 aromatic carbocycles. The van der Waals surface area contributed by atoms with Crippen LogP contribution in [0.15, 0.2) is 47.4 Å². The summed E-state index contributed by atoms with van der Waals surface area (Å²) < 4.78 is 22.4. The highest BCUT2D eigenvalue weighted by Gasteiger charge is 2.07. The maximum atomic E-state index is 12.0. The number of nitrogens with one attached hydrogen (secondary N) is 2. The van der Waals surface area contributed by atoms with E-state index in [1.165, 1.54) is 12.1 Å². The van der Waals surface area contributed by atoms with Gasteiger partial charge in [-0.05, 0) is 61.7 Å². The van der Waals surface area contributed by atoms with Crippen LogP contribution in [-0.4, -0.2) is 27.4 Å². The van der Waals surface area contributed by atoms with Crippen molar-refractivity contribution in [3.05, 3.63) is 59.2 Å². The van der Waals surface area contributed by atoms with Crippen molar-refractivity contribution in [2.24, 2.45) is 5.14 Å². The zero-order valence-electron chi connectivity index (χ0n) is 14.4. The van der Waals surface area contributed by atoms with Gasteiger partial charge in [0.1, 0.15) is 0 Å². The number of hydrogen-bond donors (Lipinski definition) is 3. The normalized spacial score (nSPS) is 11.3. The quantitative estimate of drug-likeness (QED) is 0.654. The fourth-order valence-corrected chi connectivity index (χ4v) is 2.86. The van der Waals surface area contributed by atoms with Crippen LogP contribution in [0.2, 0.25) is 0 Å². The van der Waals surface area contributed by atoms with Crippen LogP contribution in [0.25, 0.3) is 0 Å². The van der Waals surface area contributed by atoms with E-state index < -0.39 is 10.0 Å². The average molecular weight is 361 g/mol. The maximum absolute atomic E-state index is 12.0. The molecule has 0 radical (unpaired) electrons. The van der Waals surface area contributed by atoms with Crippen molar-refractivity contribution < 1.29 is 13.2 Å². The van der Waals surface area contributed by atoms with Gasteiger partial charge in [0.2, 0.25) is 15.9 Å². The third kappa shape index (κ3) is 5.97. The predicted molar refractivity (Wildman–Crippen MR) is 98.9 cm³/mol. The van der Waals surface area contributed by atoms with Gasteiger partial charge in [0.15, 0.2) is 0 Å². The minimum Gasteiger partial charge on any atom is -0.325 e. The minimum absolute atomic E-state index is 0.0945. The van der Waals surface area contributed by atoms with Gasteiger partial charge in [-0.3, -0.25) is 4.79 Å². The van der Waals surface area contributed by atoms with E-state index in [-0.39, 0.29) is 17.3 Å². The van der Waals surface area contributed by atoms with Crippen molar-refractivity contribution in [3.63, 3.8) is 0 Å². The molecule has 134 valence electrons. The van der Waals surface area contributed by atoms with Crippen LogP contribution in [-0.2, 0) is 21.2 Å². The van der Waals surface area contributed by atoms with E-state index in [1.54, 1.807) is 12.1 Å². The fourth-order valence-electron chi connectivity index (χ4n) is 2.35. The van der Waals surface area contributed by atoms with Crippen LogP contribution in [0.3, 0.4) is 0 Å². The summed E-state index contributed by atoms with van der Waals surface area (Å²) in [5.41, 5.74) is 3.91. The highest BCUT2D eigenvalue weighted by Crippen LogP contribution is 2.16. The lowest BCUT2D eigenvalue weighted by molar-refractivity contribution is -0.115. The second-order valence-corrected chi connectivity index (χ2v) is 7.54. The van der Waals surface area contributed by atoms with Gasteiger partial charge in [-0.25, -0.2) is 13.6 Å². The summed E-state index contributed by atoms with van der Waals surface area (Å²) in [5, 5.41) is 11.0. The van der Waals surface area contributed by atoms with Crippen LogP contribution in [0, 0.1) is 13.8 Å². The smallest absolute Gasteiger partial charge is 0.238 e. The van der Waals surface area contributed by atoms with Crippen LogP contribution >= 0.6 is 0 Å². The molecule has 0 aliphatic heterocycles. The maximum Gasteiger partial charge on any atom is 0.238 e. The molecule has 7 heteroatoms. The van der Waals surface area contributed by atoms with Crippen molar-refractivity contribution in [1.29, 1.82) is 0 Å². The molecule has 1 amide bonds. The van der Waals surface area contributed by atoms with Gasteiger partial charge in [-0.15, -0.1) is 0 Å². The number of sulfonamides is 1. The van der Waals surface area contributed by atoms with E-state index >= 15 is 0 Å². The Hall–Kier alpha value is -2.22. The van der Waals surface area contributed by atoms with Crippen molar-refractivity contribution in [1.82, 2.24) is 5.32 Å². The molecule has 0 atom stereocenters. The number of anilines is 1. The molecule has 4 N–H and O–H groups in total. The van der Waals surface area contributed by atoms with Gasteiger partial charge in [0.05, 0.1) is 11.4 Å². The van der Waals surface area contributed by atoms with Crippen molar-refractivity contribution in [3.8, 4) is 0 Å². The Balaban J connectivity index is 1.77. The summed E-state index contributed by atoms with van der Waals surface area (Å²) in [5.74, 6) is -0.0988. The molecule has 25 heavy (non-hydrogen) atoms. The molecule has 0 unspecified atom stereocenters. The molecule has 0 heterocycles. The molecule has 0 aliphatic carbocycles. The Morgan fingerprint density at radius 1 is 1.08 bits per heavy atom. The number of carbonyl (C=O) groups excluding carboxylic acids is 1. The highest BCUT2D eigenvalue weighted by atomic mass is 32.2. The summed E-state index contributed by atoms with van der Waals surface area (Å²) in [4.78, 5) is 12.1. The first-order chi connectivity index (χ1) is 11.8. The number of benzene rings is 2. The lowest BCUT2D eigenvalue weighted by atomic mass is 10.1. The first-order valence-electron chi connectivity index (χ1n) is 7.95. The largest absolute Gasteiger partial charge is 0.325 e. The molecule has 0 saturated heterocycles. The van der Waals surface area contributed by atoms with Crippen molar-refractivity contribution in [2.75, 3.05) is 18.4 Å². The zero-order valence-corrected chi connectivity index (χ0v) is 15.2. The molecule has 0 aliphatic rings. The number of hydrogen-bond acceptors (Lipinski definition) is 4. The van der Waals surface area contributed by atoms with Gasteiger partial charge in [0, 0.05) is 5.69 Å². The Morgan fingerprint density at radius 3 is 2.40 bits per heavy atom. The SMILES string of the molecule is Cc1ccc(C)c(NC(=O)CNCCc2ccc(S(N)(=O)=O)cc2)c1. The molecule has 0 aromatic heterocycles. The molecule has 0 fully saturated rings. The second kappa shape index (κ2) is 8.24. The van der Waals surface area contributed by atoms with E-state index in [9.17, 15) is 13.2 Å². The van der Waals surface area contributed by atoms with Crippen LogP contribution in [0.1, 0.15) is 16.7 Å². The Labute approximate surface area is 148 Å². The third-order valence-corrected chi connectivity index (χ3v) is 4.72. The lowest BCUT2D eigenvalue weighted by Gasteiger charge is -2.10. The van der Waals surface area contributed by atoms with Crippen molar-refractivity contribution in [2.45, 2.75) is 25.2 Å². The first-order valence-corrected chi connectivity index (χ1v) is 9.50. The molecular formula is C18H23N3O3S. The van der Waals surface area contributed by atoms with Gasteiger partial charge in [0.25, 0.3) is 0 Å². The average Bonchev–Trinajstić information content (AvgIpc) is 2.55. The molecule has 2 aromatic rings. The molecule has 0 spiro atoms. The topological polar surface area (TPSA) is 101 Å². The van der Waals surface area contributed by atoms with Crippen LogP contribution in [0.5, 0.6) is 0 Å². The number of carbonyl (C=O) groups is 1. The van der Waals surface area contributed by atoms with E-state index in [0.29, 0.717) is 13.0 Å². The molecular weight excluding hydrogens is 338 g/mol. The lowest BCUT2D eigenvalue weighted by Crippen LogP contribution is -2.29. The summed E-state index contributed by atoms with van der Waals surface area (Å²) in [6.45, 7) is 4.75. The standard InChI is InChI=1S/C18H23N3O3S/c1-13-3-4-14(2)17(11-13)21-18(22)12-20-10-9-15-5-7-16(8-6-15)25(19,23)24/h3-8,11,20H,9-10,12H2,1-2H3,(H,21,22)(H2,19,23,24). The van der Waals surface area contributed by atoms with E-state index in [2.05, 4.69) is 10.6 Å². The molecule has 0 saturated carbocycles. The van der Waals surface area contributed by atoms with Crippen LogP contribution < -0.4 is 15.8 Å². The highest BCUT2D eigenvalue weighted by molar-refractivity contribution is 7.89. The Bertz CT molecular complexity index is 846. The van der Waals surface area contributed by atoms with E-state index in [4.69, 9.17) is 5.14 Å². The summed E-state index contributed by atoms with van der Waals surface area (Å²) in [6, 6.07) is 12.3. The number of rotatable bonds is 7. The third-order valence-electron chi connectivity index (χ3n) is 3.80. The van der Waals surface area contributed by atoms with Gasteiger partial charge >= 0.3 is 0 Å². The summed E-state index contributed by atoms with van der Waals surface area (Å²) in [6.07, 6.45) is 0.682. The van der Waals surface area contributed by atoms with Gasteiger partial charge in [-0.1, -0.05) is 24.3 Å². The van der Waals surface area contributed by atoms with Crippen LogP contribution in [0.4, 0.5) is 5.69 Å². The predicted octanol–water partition coefficient (Wildman–Crippen LogP) is 1.72. The Morgan fingerprint density at radius 2 is 1.76 bits per heavy atom. The van der Waals surface area contributed by atoms with Gasteiger partial charge in [-0.2, -0.15) is 0 Å². The second-order valence-electron chi connectivity index (χ2n) is 5.98. The van der Waals surface area contributed by atoms with E-state index in [1.807, 2.05) is 32.0 Å². The monoisotopic (exact) mass is 361 g/mol. The number of aryl methyl sites for hydroxylation is 2. The molecule has 6 nitrogen and oxygen atoms in total. The Kier molecular flexibility index (Phi) is 6.30. The van der Waals surface area contributed by atoms with E-state index in [0.717, 1.165) is 22.4 Å². The number of primary sulfonamides is 1. The fraction of sp³-hybridized carbons (Fsp3) is 0.278. The van der Waals surface area contributed by atoms with Gasteiger partial charge < -0.3 is 10.6 Å². The minimum atomic E-state index is -3.66. The number of amides is 1. The molecule has 2 rings (SSSR count). The van der Waals surface area contributed by atoms with Crippen molar-refractivity contribution >= 4 is 21.6 Å². The summed E-state index contributed by atoms with van der Waals surface area (Å²) >= 11 is 0. The zero-order chi connectivity index (χ0) is 18.4. The first kappa shape index (κ1) is 19.1.